The highest BCUT2D eigenvalue weighted by molar-refractivity contribution is 6.32. The van der Waals surface area contributed by atoms with Crippen molar-refractivity contribution in [3.05, 3.63) is 23.3 Å². The maximum absolute atomic E-state index is 11.5. The van der Waals surface area contributed by atoms with E-state index >= 15 is 0 Å². The third kappa shape index (κ3) is 1.78. The van der Waals surface area contributed by atoms with E-state index in [1.807, 2.05) is 0 Å². The second kappa shape index (κ2) is 3.90. The number of carbonyl (C=O) groups excluding carboxylic acids is 1. The quantitative estimate of drug-likeness (QED) is 0.603. The van der Waals surface area contributed by atoms with Crippen molar-refractivity contribution in [1.82, 2.24) is 0 Å². The van der Waals surface area contributed by atoms with Gasteiger partial charge in [0.2, 0.25) is 0 Å². The maximum Gasteiger partial charge on any atom is 0.163 e. The van der Waals surface area contributed by atoms with E-state index in [1.165, 1.54) is 0 Å². The average molecular weight is 185 g/mol. The molecular formula is C10H13ClO. The minimum atomic E-state index is 0.130. The van der Waals surface area contributed by atoms with Crippen molar-refractivity contribution in [2.24, 2.45) is 5.92 Å². The fourth-order valence-corrected chi connectivity index (χ4v) is 1.69. The highest BCUT2D eigenvalue weighted by Gasteiger charge is 2.24. The molecule has 66 valence electrons. The Morgan fingerprint density at radius 1 is 1.75 bits per heavy atom. The first-order valence-electron chi connectivity index (χ1n) is 4.17. The van der Waals surface area contributed by atoms with Crippen molar-refractivity contribution in [1.29, 1.82) is 0 Å². The normalized spacial score (nSPS) is 24.5. The van der Waals surface area contributed by atoms with Gasteiger partial charge in [-0.3, -0.25) is 4.79 Å². The van der Waals surface area contributed by atoms with Crippen LogP contribution in [0.25, 0.3) is 0 Å². The molecule has 0 fully saturated rings. The van der Waals surface area contributed by atoms with Crippen LogP contribution in [0.5, 0.6) is 0 Å². The monoisotopic (exact) mass is 184 g/mol. The Labute approximate surface area is 78.1 Å². The Morgan fingerprint density at radius 2 is 2.42 bits per heavy atom. The van der Waals surface area contributed by atoms with Gasteiger partial charge in [-0.15, -0.1) is 6.58 Å². The highest BCUT2D eigenvalue weighted by atomic mass is 35.5. The van der Waals surface area contributed by atoms with Crippen LogP contribution >= 0.6 is 11.6 Å². The predicted molar refractivity (Wildman–Crippen MR) is 51.1 cm³/mol. The molecule has 12 heavy (non-hydrogen) atoms. The van der Waals surface area contributed by atoms with Gasteiger partial charge in [-0.05, 0) is 26.2 Å². The molecule has 0 N–H and O–H groups in total. The summed E-state index contributed by atoms with van der Waals surface area (Å²) < 4.78 is 0. The predicted octanol–water partition coefficient (Wildman–Crippen LogP) is 3.05. The summed E-state index contributed by atoms with van der Waals surface area (Å²) in [6.45, 7) is 5.44. The second-order valence-electron chi connectivity index (χ2n) is 3.15. The van der Waals surface area contributed by atoms with E-state index in [-0.39, 0.29) is 11.7 Å². The van der Waals surface area contributed by atoms with Crippen LogP contribution in [0.3, 0.4) is 0 Å². The molecule has 1 unspecified atom stereocenters. The largest absolute Gasteiger partial charge is 0.294 e. The first kappa shape index (κ1) is 9.53. The van der Waals surface area contributed by atoms with E-state index in [1.54, 1.807) is 13.0 Å². The molecule has 1 nitrogen and oxygen atoms in total. The number of Topliss-reactive ketones (excluding diaryl/α,β-unsaturated/α-hetero) is 1. The average Bonchev–Trinajstić information content (AvgIpc) is 2.07. The fraction of sp³-hybridized carbons (Fsp3) is 0.500. The van der Waals surface area contributed by atoms with Gasteiger partial charge in [0.15, 0.2) is 5.78 Å². The number of ketones is 1. The molecule has 0 amide bonds. The zero-order chi connectivity index (χ0) is 9.14. The number of rotatable bonds is 2. The lowest BCUT2D eigenvalue weighted by Crippen LogP contribution is -2.19. The topological polar surface area (TPSA) is 17.1 Å². The van der Waals surface area contributed by atoms with E-state index in [0.717, 1.165) is 29.9 Å². The standard InChI is InChI=1S/C10H13ClO/c1-3-4-8-5-6-9(11)7(2)10(8)12/h3,8H,1,4-6H2,2H3. The molecule has 0 bridgehead atoms. The molecule has 0 radical (unpaired) electrons. The summed E-state index contributed by atoms with van der Waals surface area (Å²) in [6, 6.07) is 0. The van der Waals surface area contributed by atoms with E-state index in [0.29, 0.717) is 0 Å². The maximum atomic E-state index is 11.5. The van der Waals surface area contributed by atoms with Gasteiger partial charge in [-0.25, -0.2) is 0 Å². The van der Waals surface area contributed by atoms with Crippen LogP contribution in [0.15, 0.2) is 23.3 Å². The van der Waals surface area contributed by atoms with Crippen LogP contribution in [0.1, 0.15) is 26.2 Å². The van der Waals surface area contributed by atoms with E-state index < -0.39 is 0 Å². The highest BCUT2D eigenvalue weighted by Crippen LogP contribution is 2.30. The molecule has 0 heterocycles. The van der Waals surface area contributed by atoms with Crippen LogP contribution < -0.4 is 0 Å². The van der Waals surface area contributed by atoms with Crippen LogP contribution in [0.2, 0.25) is 0 Å². The van der Waals surface area contributed by atoms with Gasteiger partial charge in [0.25, 0.3) is 0 Å². The van der Waals surface area contributed by atoms with E-state index in [4.69, 9.17) is 11.6 Å². The number of allylic oxidation sites excluding steroid dienone is 3. The Bertz CT molecular complexity index is 240. The van der Waals surface area contributed by atoms with Gasteiger partial charge in [0, 0.05) is 16.5 Å². The molecule has 1 atom stereocenters. The van der Waals surface area contributed by atoms with E-state index in [2.05, 4.69) is 6.58 Å². The van der Waals surface area contributed by atoms with Crippen molar-refractivity contribution in [3.63, 3.8) is 0 Å². The van der Waals surface area contributed by atoms with Crippen molar-refractivity contribution >= 4 is 17.4 Å². The summed E-state index contributed by atoms with van der Waals surface area (Å²) in [7, 11) is 0. The van der Waals surface area contributed by atoms with Crippen molar-refractivity contribution in [2.45, 2.75) is 26.2 Å². The first-order valence-corrected chi connectivity index (χ1v) is 4.55. The first-order chi connectivity index (χ1) is 5.66. The molecule has 0 saturated heterocycles. The molecule has 1 aliphatic rings. The molecule has 0 aromatic rings. The lowest BCUT2D eigenvalue weighted by atomic mass is 9.86. The van der Waals surface area contributed by atoms with Gasteiger partial charge in [0.05, 0.1) is 0 Å². The number of hydrogen-bond acceptors (Lipinski definition) is 1. The minimum Gasteiger partial charge on any atom is -0.294 e. The third-order valence-corrected chi connectivity index (χ3v) is 2.78. The van der Waals surface area contributed by atoms with Crippen LogP contribution in [-0.4, -0.2) is 5.78 Å². The summed E-state index contributed by atoms with van der Waals surface area (Å²) in [5.74, 6) is 0.330. The Morgan fingerprint density at radius 3 is 3.00 bits per heavy atom. The summed E-state index contributed by atoms with van der Waals surface area (Å²) >= 11 is 5.86. The molecular weight excluding hydrogens is 172 g/mol. The molecule has 0 aliphatic heterocycles. The third-order valence-electron chi connectivity index (χ3n) is 2.31. The zero-order valence-electron chi connectivity index (χ0n) is 7.27. The van der Waals surface area contributed by atoms with Gasteiger partial charge < -0.3 is 0 Å². The van der Waals surface area contributed by atoms with Crippen molar-refractivity contribution in [2.75, 3.05) is 0 Å². The molecule has 0 spiro atoms. The van der Waals surface area contributed by atoms with Crippen LogP contribution in [0.4, 0.5) is 0 Å². The van der Waals surface area contributed by atoms with Crippen LogP contribution in [-0.2, 0) is 4.79 Å². The second-order valence-corrected chi connectivity index (χ2v) is 3.61. The molecule has 2 heteroatoms. The number of halogens is 1. The van der Waals surface area contributed by atoms with Gasteiger partial charge in [-0.2, -0.15) is 0 Å². The number of hydrogen-bond donors (Lipinski definition) is 0. The smallest absolute Gasteiger partial charge is 0.163 e. The fourth-order valence-electron chi connectivity index (χ4n) is 1.49. The zero-order valence-corrected chi connectivity index (χ0v) is 8.03. The van der Waals surface area contributed by atoms with Gasteiger partial charge in [0.1, 0.15) is 0 Å². The summed E-state index contributed by atoms with van der Waals surface area (Å²) in [5.41, 5.74) is 0.745. The van der Waals surface area contributed by atoms with Crippen molar-refractivity contribution < 1.29 is 4.79 Å². The van der Waals surface area contributed by atoms with Crippen molar-refractivity contribution in [3.8, 4) is 0 Å². The summed E-state index contributed by atoms with van der Waals surface area (Å²) in [6.07, 6.45) is 4.30. The molecule has 0 aromatic carbocycles. The Balaban J connectivity index is 2.76. The van der Waals surface area contributed by atoms with Gasteiger partial charge in [-0.1, -0.05) is 17.7 Å². The molecule has 1 aliphatic carbocycles. The summed E-state index contributed by atoms with van der Waals surface area (Å²) in [5, 5.41) is 0.736. The lowest BCUT2D eigenvalue weighted by molar-refractivity contribution is -0.119. The van der Waals surface area contributed by atoms with Crippen LogP contribution in [0, 0.1) is 5.92 Å². The Kier molecular flexibility index (Phi) is 3.10. The summed E-state index contributed by atoms with van der Waals surface area (Å²) in [4.78, 5) is 11.5. The minimum absolute atomic E-state index is 0.130. The molecule has 0 aromatic heterocycles. The number of carbonyl (C=O) groups is 1. The van der Waals surface area contributed by atoms with E-state index in [9.17, 15) is 4.79 Å². The van der Waals surface area contributed by atoms with Gasteiger partial charge >= 0.3 is 0 Å². The molecule has 0 saturated carbocycles. The lowest BCUT2D eigenvalue weighted by Gasteiger charge is -2.20. The SMILES string of the molecule is C=CCC1CCC(Cl)=C(C)C1=O. The Hall–Kier alpha value is -0.560. The molecule has 1 rings (SSSR count).